The average Bonchev–Trinajstić information content (AvgIpc) is 3.54. The van der Waals surface area contributed by atoms with E-state index in [0.717, 1.165) is 49.3 Å². The zero-order valence-electron chi connectivity index (χ0n) is 19.8. The molecule has 0 radical (unpaired) electrons. The highest BCUT2D eigenvalue weighted by Gasteiger charge is 2.24. The topological polar surface area (TPSA) is 47.2 Å². The van der Waals surface area contributed by atoms with Gasteiger partial charge in [-0.3, -0.25) is 4.90 Å². The highest BCUT2D eigenvalue weighted by atomic mass is 15.2. The molecule has 6 rings (SSSR count). The van der Waals surface area contributed by atoms with Crippen molar-refractivity contribution in [3.8, 4) is 0 Å². The number of hydrogen-bond acceptors (Lipinski definition) is 4. The molecule has 0 spiro atoms. The number of aromatic amines is 1. The van der Waals surface area contributed by atoms with Gasteiger partial charge in [0.25, 0.3) is 0 Å². The molecule has 5 heteroatoms. The van der Waals surface area contributed by atoms with E-state index < -0.39 is 0 Å². The van der Waals surface area contributed by atoms with Crippen molar-refractivity contribution in [2.45, 2.75) is 51.7 Å². The van der Waals surface area contributed by atoms with Gasteiger partial charge in [0.2, 0.25) is 0 Å². The van der Waals surface area contributed by atoms with Crippen LogP contribution in [0.1, 0.15) is 49.1 Å². The molecule has 5 nitrogen and oxygen atoms in total. The number of dihydropyridines is 1. The Labute approximate surface area is 201 Å². The average molecular weight is 452 g/mol. The summed E-state index contributed by atoms with van der Waals surface area (Å²) in [6, 6.07) is 17.6. The molecule has 3 heterocycles. The summed E-state index contributed by atoms with van der Waals surface area (Å²) in [5.74, 6) is 1.02. The largest absolute Gasteiger partial charge is 0.361 e. The van der Waals surface area contributed by atoms with Crippen molar-refractivity contribution in [1.29, 1.82) is 0 Å². The molecule has 1 aliphatic carbocycles. The second kappa shape index (κ2) is 9.51. The molecule has 1 aromatic heterocycles. The van der Waals surface area contributed by atoms with Crippen molar-refractivity contribution in [3.05, 3.63) is 101 Å². The normalized spacial score (nSPS) is 18.2. The van der Waals surface area contributed by atoms with Gasteiger partial charge in [-0.2, -0.15) is 0 Å². The molecule has 0 unspecified atom stereocenters. The summed E-state index contributed by atoms with van der Waals surface area (Å²) in [6.07, 6.45) is 12.5. The van der Waals surface area contributed by atoms with Crippen LogP contribution in [0.4, 0.5) is 0 Å². The quantitative estimate of drug-likeness (QED) is 0.491. The van der Waals surface area contributed by atoms with Gasteiger partial charge in [-0.25, -0.2) is 4.98 Å². The van der Waals surface area contributed by atoms with Gasteiger partial charge in [-0.05, 0) is 80.1 Å². The molecule has 2 aliphatic heterocycles. The van der Waals surface area contributed by atoms with Crippen LogP contribution < -0.4 is 5.32 Å². The lowest BCUT2D eigenvalue weighted by molar-refractivity contribution is 0.299. The highest BCUT2D eigenvalue weighted by Crippen LogP contribution is 2.33. The SMILES string of the molecule is C1=CNC2=C(N(Cc3ccc(CN4CCCC4)cc3)Cc3nc4ccccc4[nH]3)CCCC2=C1. The fourth-order valence-corrected chi connectivity index (χ4v) is 5.51. The highest BCUT2D eigenvalue weighted by molar-refractivity contribution is 5.74. The first-order chi connectivity index (χ1) is 16.8. The number of nitrogens with zero attached hydrogens (tertiary/aromatic N) is 3. The van der Waals surface area contributed by atoms with E-state index in [1.54, 1.807) is 0 Å². The van der Waals surface area contributed by atoms with Crippen molar-refractivity contribution in [2.24, 2.45) is 0 Å². The van der Waals surface area contributed by atoms with E-state index in [1.165, 1.54) is 60.4 Å². The molecule has 0 saturated carbocycles. The maximum absolute atomic E-state index is 4.89. The van der Waals surface area contributed by atoms with Crippen LogP contribution >= 0.6 is 0 Å². The van der Waals surface area contributed by atoms with Crippen LogP contribution in [0.25, 0.3) is 11.0 Å². The minimum atomic E-state index is 0.766. The number of rotatable bonds is 7. The van der Waals surface area contributed by atoms with Gasteiger partial charge < -0.3 is 15.2 Å². The van der Waals surface area contributed by atoms with E-state index in [-0.39, 0.29) is 0 Å². The Kier molecular flexibility index (Phi) is 5.94. The second-order valence-corrected chi connectivity index (χ2v) is 9.73. The third kappa shape index (κ3) is 4.53. The molecule has 0 atom stereocenters. The molecule has 3 aromatic rings. The molecule has 1 saturated heterocycles. The van der Waals surface area contributed by atoms with Crippen LogP contribution in [0.2, 0.25) is 0 Å². The van der Waals surface area contributed by atoms with Crippen LogP contribution in [-0.4, -0.2) is 32.9 Å². The first-order valence-electron chi connectivity index (χ1n) is 12.7. The molecule has 174 valence electrons. The van der Waals surface area contributed by atoms with Crippen LogP contribution in [0, 0.1) is 0 Å². The first kappa shape index (κ1) is 21.2. The summed E-state index contributed by atoms with van der Waals surface area (Å²) in [4.78, 5) is 13.5. The van der Waals surface area contributed by atoms with Crippen LogP contribution in [0.3, 0.4) is 0 Å². The molecule has 34 heavy (non-hydrogen) atoms. The monoisotopic (exact) mass is 451 g/mol. The van der Waals surface area contributed by atoms with Crippen molar-refractivity contribution < 1.29 is 0 Å². The molecule has 0 bridgehead atoms. The van der Waals surface area contributed by atoms with Gasteiger partial charge in [-0.15, -0.1) is 0 Å². The zero-order chi connectivity index (χ0) is 22.7. The minimum absolute atomic E-state index is 0.766. The standard InChI is InChI=1S/C29H33N5/c1-2-10-26-25(9-1)31-28(32-26)21-34(27-11-5-7-24-8-6-16-30-29(24)27)20-23-14-12-22(13-15-23)19-33-17-3-4-18-33/h1-2,6,8-10,12-16,30H,3-5,7,11,17-21H2,(H,31,32). The number of aromatic nitrogens is 2. The van der Waals surface area contributed by atoms with E-state index >= 15 is 0 Å². The van der Waals surface area contributed by atoms with Gasteiger partial charge in [0.1, 0.15) is 5.82 Å². The van der Waals surface area contributed by atoms with Crippen molar-refractivity contribution in [3.63, 3.8) is 0 Å². The molecule has 1 fully saturated rings. The van der Waals surface area contributed by atoms with Crippen LogP contribution in [-0.2, 0) is 19.6 Å². The number of likely N-dealkylation sites (tertiary alicyclic amines) is 1. The summed E-state index contributed by atoms with van der Waals surface area (Å²) in [5.41, 5.74) is 8.99. The number of hydrogen-bond donors (Lipinski definition) is 2. The summed E-state index contributed by atoms with van der Waals surface area (Å²) in [5, 5.41) is 3.55. The van der Waals surface area contributed by atoms with E-state index in [4.69, 9.17) is 4.98 Å². The second-order valence-electron chi connectivity index (χ2n) is 9.73. The maximum Gasteiger partial charge on any atom is 0.126 e. The predicted octanol–water partition coefficient (Wildman–Crippen LogP) is 5.60. The smallest absolute Gasteiger partial charge is 0.126 e. The lowest BCUT2D eigenvalue weighted by Gasteiger charge is -2.34. The maximum atomic E-state index is 4.89. The lowest BCUT2D eigenvalue weighted by atomic mass is 9.93. The number of allylic oxidation sites excluding steroid dienone is 4. The number of para-hydroxylation sites is 2. The summed E-state index contributed by atoms with van der Waals surface area (Å²) >= 11 is 0. The van der Waals surface area contributed by atoms with Gasteiger partial charge in [0, 0.05) is 25.0 Å². The number of benzene rings is 2. The molecule has 2 aromatic carbocycles. The molecule has 2 N–H and O–H groups in total. The Morgan fingerprint density at radius 3 is 2.56 bits per heavy atom. The summed E-state index contributed by atoms with van der Waals surface area (Å²) < 4.78 is 0. The Morgan fingerprint density at radius 2 is 1.71 bits per heavy atom. The number of fused-ring (bicyclic) bond motifs is 2. The Bertz CT molecular complexity index is 1210. The third-order valence-corrected chi connectivity index (χ3v) is 7.25. The number of nitrogens with one attached hydrogen (secondary N) is 2. The van der Waals surface area contributed by atoms with Crippen molar-refractivity contribution >= 4 is 11.0 Å². The first-order valence-corrected chi connectivity index (χ1v) is 12.7. The minimum Gasteiger partial charge on any atom is -0.361 e. The fraction of sp³-hybridized carbons (Fsp3) is 0.345. The molecular weight excluding hydrogens is 418 g/mol. The fourth-order valence-electron chi connectivity index (χ4n) is 5.51. The van der Waals surface area contributed by atoms with Crippen LogP contribution in [0.15, 0.2) is 83.9 Å². The van der Waals surface area contributed by atoms with E-state index in [2.05, 4.69) is 87.0 Å². The predicted molar refractivity (Wildman–Crippen MR) is 138 cm³/mol. The third-order valence-electron chi connectivity index (χ3n) is 7.25. The number of H-pyrrole nitrogens is 1. The van der Waals surface area contributed by atoms with E-state index in [9.17, 15) is 0 Å². The van der Waals surface area contributed by atoms with Crippen LogP contribution in [0.5, 0.6) is 0 Å². The summed E-state index contributed by atoms with van der Waals surface area (Å²) in [7, 11) is 0. The van der Waals surface area contributed by atoms with Gasteiger partial charge in [0.15, 0.2) is 0 Å². The summed E-state index contributed by atoms with van der Waals surface area (Å²) in [6.45, 7) is 5.19. The van der Waals surface area contributed by atoms with Gasteiger partial charge >= 0.3 is 0 Å². The van der Waals surface area contributed by atoms with Crippen molar-refractivity contribution in [1.82, 2.24) is 25.1 Å². The Hall–Kier alpha value is -3.31. The molecular formula is C29H33N5. The van der Waals surface area contributed by atoms with E-state index in [1.807, 2.05) is 0 Å². The zero-order valence-corrected chi connectivity index (χ0v) is 19.8. The van der Waals surface area contributed by atoms with Gasteiger partial charge in [0.05, 0.1) is 23.3 Å². The van der Waals surface area contributed by atoms with Crippen molar-refractivity contribution in [2.75, 3.05) is 13.1 Å². The lowest BCUT2D eigenvalue weighted by Crippen LogP contribution is -2.29. The Balaban J connectivity index is 1.28. The van der Waals surface area contributed by atoms with Gasteiger partial charge in [-0.1, -0.05) is 42.5 Å². The number of imidazole rings is 1. The Morgan fingerprint density at radius 1 is 0.882 bits per heavy atom. The molecule has 3 aliphatic rings. The molecule has 0 amide bonds. The van der Waals surface area contributed by atoms with E-state index in [0.29, 0.717) is 0 Å².